The first-order valence-electron chi connectivity index (χ1n) is 12.3. The highest BCUT2D eigenvalue weighted by molar-refractivity contribution is 9.10. The van der Waals surface area contributed by atoms with Gasteiger partial charge in [-0.05, 0) is 61.6 Å². The number of carboxylic acids is 1. The second-order valence-electron chi connectivity index (χ2n) is 9.54. The molecule has 0 radical (unpaired) electrons. The van der Waals surface area contributed by atoms with Crippen LogP contribution in [0.15, 0.2) is 77.3 Å². The van der Waals surface area contributed by atoms with Gasteiger partial charge in [-0.2, -0.15) is 0 Å². The summed E-state index contributed by atoms with van der Waals surface area (Å²) < 4.78 is 0.860. The summed E-state index contributed by atoms with van der Waals surface area (Å²) in [6, 6.07) is 22.8. The molecule has 0 unspecified atom stereocenters. The molecule has 188 valence electrons. The van der Waals surface area contributed by atoms with Crippen molar-refractivity contribution in [2.24, 2.45) is 5.92 Å². The maximum atomic E-state index is 14.0. The number of benzene rings is 3. The van der Waals surface area contributed by atoms with Crippen LogP contribution >= 0.6 is 27.5 Å². The highest BCUT2D eigenvalue weighted by Gasteiger charge is 2.37. The van der Waals surface area contributed by atoms with E-state index in [1.165, 1.54) is 0 Å². The molecular formula is C30H26BrClN2O3. The van der Waals surface area contributed by atoms with Crippen molar-refractivity contribution >= 4 is 50.3 Å². The zero-order chi connectivity index (χ0) is 26.1. The van der Waals surface area contributed by atoms with Crippen LogP contribution in [-0.2, 0) is 4.79 Å². The van der Waals surface area contributed by atoms with Gasteiger partial charge < -0.3 is 10.4 Å². The molecule has 1 fully saturated rings. The summed E-state index contributed by atoms with van der Waals surface area (Å²) in [5, 5.41) is 14.3. The van der Waals surface area contributed by atoms with Crippen molar-refractivity contribution in [3.63, 3.8) is 0 Å². The van der Waals surface area contributed by atoms with Gasteiger partial charge in [0.25, 0.3) is 5.91 Å². The number of nitrogens with zero attached hydrogens (tertiary/aromatic N) is 1. The van der Waals surface area contributed by atoms with Gasteiger partial charge in [-0.3, -0.25) is 9.59 Å². The Morgan fingerprint density at radius 3 is 2.49 bits per heavy atom. The van der Waals surface area contributed by atoms with Crippen LogP contribution in [0.4, 0.5) is 0 Å². The van der Waals surface area contributed by atoms with Crippen LogP contribution in [0.2, 0.25) is 5.02 Å². The van der Waals surface area contributed by atoms with Crippen LogP contribution < -0.4 is 5.32 Å². The lowest BCUT2D eigenvalue weighted by atomic mass is 9.74. The van der Waals surface area contributed by atoms with E-state index in [0.717, 1.165) is 37.8 Å². The van der Waals surface area contributed by atoms with Gasteiger partial charge >= 0.3 is 5.97 Å². The van der Waals surface area contributed by atoms with Gasteiger partial charge in [0, 0.05) is 32.4 Å². The highest BCUT2D eigenvalue weighted by Crippen LogP contribution is 2.40. The van der Waals surface area contributed by atoms with Gasteiger partial charge in [0.2, 0.25) is 0 Å². The Kier molecular flexibility index (Phi) is 7.31. The third-order valence-corrected chi connectivity index (χ3v) is 8.12. The predicted molar refractivity (Wildman–Crippen MR) is 150 cm³/mol. The first kappa shape index (κ1) is 25.4. The Morgan fingerprint density at radius 2 is 1.76 bits per heavy atom. The summed E-state index contributed by atoms with van der Waals surface area (Å²) in [4.78, 5) is 30.7. The number of pyridine rings is 1. The minimum absolute atomic E-state index is 0.198. The van der Waals surface area contributed by atoms with E-state index < -0.39 is 11.9 Å². The number of hydrogen-bond acceptors (Lipinski definition) is 3. The number of nitrogens with one attached hydrogen (secondary N) is 1. The quantitative estimate of drug-likeness (QED) is 0.259. The number of fused-ring (bicyclic) bond motifs is 1. The van der Waals surface area contributed by atoms with E-state index in [-0.39, 0.29) is 17.9 Å². The van der Waals surface area contributed by atoms with Gasteiger partial charge in [-0.1, -0.05) is 76.1 Å². The molecular weight excluding hydrogens is 552 g/mol. The van der Waals surface area contributed by atoms with E-state index in [4.69, 9.17) is 16.6 Å². The Bertz CT molecular complexity index is 1490. The zero-order valence-electron chi connectivity index (χ0n) is 20.2. The molecule has 0 saturated heterocycles. The molecule has 2 N–H and O–H groups in total. The third kappa shape index (κ3) is 5.13. The number of carboxylic acid groups (broad SMARTS) is 1. The van der Waals surface area contributed by atoms with Crippen molar-refractivity contribution in [2.45, 2.75) is 38.1 Å². The smallest absolute Gasteiger partial charge is 0.306 e. The molecule has 1 aliphatic rings. The molecule has 0 bridgehead atoms. The molecule has 3 aromatic carbocycles. The molecule has 4 aromatic rings. The van der Waals surface area contributed by atoms with Gasteiger partial charge in [-0.25, -0.2) is 4.98 Å². The van der Waals surface area contributed by atoms with Crippen molar-refractivity contribution in [3.05, 3.63) is 99.0 Å². The van der Waals surface area contributed by atoms with Crippen molar-refractivity contribution in [2.75, 3.05) is 0 Å². The number of aromatic nitrogens is 1. The number of carbonyl (C=O) groups is 2. The van der Waals surface area contributed by atoms with Crippen LogP contribution in [0.25, 0.3) is 22.2 Å². The van der Waals surface area contributed by atoms with E-state index in [1.807, 2.05) is 79.7 Å². The fourth-order valence-corrected chi connectivity index (χ4v) is 6.07. The number of rotatable bonds is 5. The topological polar surface area (TPSA) is 79.3 Å². The van der Waals surface area contributed by atoms with Crippen molar-refractivity contribution < 1.29 is 14.7 Å². The SMILES string of the molecule is Cc1c(-c2ccccc2)nc2ccc(Br)cc2c1C(=O)N[C@@H]1CC[C@@H](C(=O)O)C[C@H]1c1ccccc1Cl. The molecule has 5 rings (SSSR count). The molecule has 7 heteroatoms. The Balaban J connectivity index is 1.57. The number of hydrogen-bond donors (Lipinski definition) is 2. The minimum atomic E-state index is -0.810. The zero-order valence-corrected chi connectivity index (χ0v) is 22.6. The van der Waals surface area contributed by atoms with Gasteiger partial charge in [0.15, 0.2) is 0 Å². The summed E-state index contributed by atoms with van der Waals surface area (Å²) in [7, 11) is 0. The average Bonchev–Trinajstić information content (AvgIpc) is 2.89. The molecule has 1 saturated carbocycles. The molecule has 37 heavy (non-hydrogen) atoms. The van der Waals surface area contributed by atoms with Crippen molar-refractivity contribution in [1.29, 1.82) is 0 Å². The summed E-state index contributed by atoms with van der Waals surface area (Å²) in [6.45, 7) is 1.93. The first-order chi connectivity index (χ1) is 17.8. The van der Waals surface area contributed by atoms with Crippen LogP contribution in [0, 0.1) is 12.8 Å². The number of carbonyl (C=O) groups excluding carboxylic acids is 1. The van der Waals surface area contributed by atoms with Crippen LogP contribution in [-0.4, -0.2) is 28.0 Å². The first-order valence-corrected chi connectivity index (χ1v) is 13.4. The lowest BCUT2D eigenvalue weighted by molar-refractivity contribution is -0.143. The standard InChI is InChI=1S/C30H26BrClN2O3/c1-17-27(23-16-20(31)12-14-26(23)33-28(17)18-7-3-2-4-8-18)29(35)34-25-13-11-19(30(36)37)15-22(25)21-9-5-6-10-24(21)32/h2-10,12,14,16,19,22,25H,11,13,15H2,1H3,(H,34,35)(H,36,37)/t19-,22+,25-/m1/s1. The van der Waals surface area contributed by atoms with Gasteiger partial charge in [-0.15, -0.1) is 0 Å². The average molecular weight is 578 g/mol. The minimum Gasteiger partial charge on any atom is -0.481 e. The second-order valence-corrected chi connectivity index (χ2v) is 10.9. The summed E-state index contributed by atoms with van der Waals surface area (Å²) in [5.74, 6) is -1.69. The molecule has 0 spiro atoms. The number of amides is 1. The third-order valence-electron chi connectivity index (χ3n) is 7.29. The highest BCUT2D eigenvalue weighted by atomic mass is 79.9. The summed E-state index contributed by atoms with van der Waals surface area (Å²) >= 11 is 10.1. The fourth-order valence-electron chi connectivity index (χ4n) is 5.43. The van der Waals surface area contributed by atoms with E-state index in [1.54, 1.807) is 0 Å². The second kappa shape index (κ2) is 10.6. The molecule has 1 aliphatic carbocycles. The predicted octanol–water partition coefficient (Wildman–Crippen LogP) is 7.39. The molecule has 1 heterocycles. The normalized spacial score (nSPS) is 19.5. The van der Waals surface area contributed by atoms with Crippen LogP contribution in [0.5, 0.6) is 0 Å². The summed E-state index contributed by atoms with van der Waals surface area (Å²) in [5.41, 5.74) is 4.67. The maximum absolute atomic E-state index is 14.0. The van der Waals surface area contributed by atoms with E-state index in [0.29, 0.717) is 29.8 Å². The van der Waals surface area contributed by atoms with Crippen LogP contribution in [0.3, 0.4) is 0 Å². The lowest BCUT2D eigenvalue weighted by Crippen LogP contribution is -2.44. The van der Waals surface area contributed by atoms with Crippen molar-refractivity contribution in [3.8, 4) is 11.3 Å². The maximum Gasteiger partial charge on any atom is 0.306 e. The molecule has 1 aromatic heterocycles. The number of halogens is 2. The molecule has 0 aliphatic heterocycles. The Hall–Kier alpha value is -3.22. The van der Waals surface area contributed by atoms with Gasteiger partial charge in [0.1, 0.15) is 0 Å². The van der Waals surface area contributed by atoms with Gasteiger partial charge in [0.05, 0.1) is 22.7 Å². The fraction of sp³-hybridized carbons (Fsp3) is 0.233. The monoisotopic (exact) mass is 576 g/mol. The summed E-state index contributed by atoms with van der Waals surface area (Å²) in [6.07, 6.45) is 1.47. The number of aliphatic carboxylic acids is 1. The van der Waals surface area contributed by atoms with E-state index >= 15 is 0 Å². The van der Waals surface area contributed by atoms with Crippen LogP contribution in [0.1, 0.15) is 46.7 Å². The van der Waals surface area contributed by atoms with Crippen molar-refractivity contribution in [1.82, 2.24) is 10.3 Å². The molecule has 1 amide bonds. The lowest BCUT2D eigenvalue weighted by Gasteiger charge is -2.36. The largest absolute Gasteiger partial charge is 0.481 e. The van der Waals surface area contributed by atoms with E-state index in [2.05, 4.69) is 21.2 Å². The molecule has 3 atom stereocenters. The molecule has 5 nitrogen and oxygen atoms in total. The Labute approximate surface area is 229 Å². The Morgan fingerprint density at radius 1 is 1.03 bits per heavy atom. The van der Waals surface area contributed by atoms with E-state index in [9.17, 15) is 14.7 Å².